The first-order valence-electron chi connectivity index (χ1n) is 6.63. The molecule has 0 N–H and O–H groups in total. The minimum atomic E-state index is 0.0495. The van der Waals surface area contributed by atoms with Crippen LogP contribution >= 0.6 is 0 Å². The first-order chi connectivity index (χ1) is 8.00. The van der Waals surface area contributed by atoms with Crippen LogP contribution < -0.4 is 0 Å². The van der Waals surface area contributed by atoms with Crippen LogP contribution in [0.5, 0.6) is 0 Å². The number of amides is 1. The Bertz CT molecular complexity index is 287. The summed E-state index contributed by atoms with van der Waals surface area (Å²) in [5.74, 6) is 0.674. The highest BCUT2D eigenvalue weighted by molar-refractivity contribution is 5.80. The molecule has 0 aromatic heterocycles. The molecule has 0 spiro atoms. The molecule has 1 amide bonds. The number of carbonyl (C=O) groups excluding carboxylic acids is 1. The molecule has 0 radical (unpaired) electrons. The van der Waals surface area contributed by atoms with Gasteiger partial charge in [-0.05, 0) is 26.8 Å². The molecule has 98 valence electrons. The average molecular weight is 240 g/mol. The Morgan fingerprint density at radius 2 is 1.65 bits per heavy atom. The van der Waals surface area contributed by atoms with Crippen LogP contribution in [0.25, 0.3) is 0 Å². The van der Waals surface area contributed by atoms with E-state index in [0.29, 0.717) is 11.8 Å². The molecule has 4 heteroatoms. The lowest BCUT2D eigenvalue weighted by Crippen LogP contribution is -2.50. The lowest BCUT2D eigenvalue weighted by atomic mass is 9.88. The maximum Gasteiger partial charge on any atom is 0.228 e. The Kier molecular flexibility index (Phi) is 3.73. The highest BCUT2D eigenvalue weighted by Crippen LogP contribution is 2.33. The second-order valence-corrected chi connectivity index (χ2v) is 5.56. The van der Waals surface area contributed by atoms with Gasteiger partial charge in [-0.2, -0.15) is 0 Å². The van der Waals surface area contributed by atoms with E-state index in [1.54, 1.807) is 0 Å². The van der Waals surface area contributed by atoms with Gasteiger partial charge in [-0.3, -0.25) is 4.79 Å². The summed E-state index contributed by atoms with van der Waals surface area (Å²) >= 11 is 0. The van der Waals surface area contributed by atoms with Gasteiger partial charge >= 0.3 is 0 Å². The lowest BCUT2D eigenvalue weighted by Gasteiger charge is -2.35. The summed E-state index contributed by atoms with van der Waals surface area (Å²) in [6.07, 6.45) is 0.263. The largest absolute Gasteiger partial charge is 0.374 e. The Balaban J connectivity index is 2.00. The molecule has 2 heterocycles. The third-order valence-corrected chi connectivity index (χ3v) is 4.34. The van der Waals surface area contributed by atoms with Crippen LogP contribution in [0.2, 0.25) is 0 Å². The molecule has 0 aromatic carbocycles. The van der Waals surface area contributed by atoms with Crippen LogP contribution in [0.15, 0.2) is 0 Å². The Morgan fingerprint density at radius 3 is 2.12 bits per heavy atom. The van der Waals surface area contributed by atoms with Crippen molar-refractivity contribution in [2.75, 3.05) is 33.2 Å². The Labute approximate surface area is 104 Å². The van der Waals surface area contributed by atoms with E-state index in [-0.39, 0.29) is 18.1 Å². The van der Waals surface area contributed by atoms with Crippen LogP contribution in [-0.4, -0.2) is 61.1 Å². The second-order valence-electron chi connectivity index (χ2n) is 5.56. The van der Waals surface area contributed by atoms with Crippen LogP contribution in [0, 0.1) is 11.8 Å². The van der Waals surface area contributed by atoms with Crippen molar-refractivity contribution in [3.63, 3.8) is 0 Å². The van der Waals surface area contributed by atoms with Crippen molar-refractivity contribution in [2.24, 2.45) is 11.8 Å². The monoisotopic (exact) mass is 240 g/mol. The Hall–Kier alpha value is -0.610. The van der Waals surface area contributed by atoms with Crippen molar-refractivity contribution in [2.45, 2.75) is 33.0 Å². The van der Waals surface area contributed by atoms with E-state index in [2.05, 4.69) is 25.8 Å². The van der Waals surface area contributed by atoms with Crippen molar-refractivity contribution in [3.05, 3.63) is 0 Å². The topological polar surface area (TPSA) is 32.8 Å². The zero-order valence-electron chi connectivity index (χ0n) is 11.3. The molecule has 0 bridgehead atoms. The summed E-state index contributed by atoms with van der Waals surface area (Å²) in [6.45, 7) is 9.92. The summed E-state index contributed by atoms with van der Waals surface area (Å²) in [4.78, 5) is 16.8. The van der Waals surface area contributed by atoms with Crippen molar-refractivity contribution < 1.29 is 9.53 Å². The summed E-state index contributed by atoms with van der Waals surface area (Å²) in [5.41, 5.74) is 0. The van der Waals surface area contributed by atoms with Crippen molar-refractivity contribution in [3.8, 4) is 0 Å². The van der Waals surface area contributed by atoms with E-state index in [1.807, 2.05) is 11.8 Å². The third-order valence-electron chi connectivity index (χ3n) is 4.34. The number of likely N-dealkylation sites (N-methyl/N-ethyl adjacent to an activating group) is 1. The van der Waals surface area contributed by atoms with Gasteiger partial charge in [0, 0.05) is 26.2 Å². The van der Waals surface area contributed by atoms with Gasteiger partial charge in [-0.15, -0.1) is 0 Å². The van der Waals surface area contributed by atoms with Gasteiger partial charge in [0.2, 0.25) is 5.91 Å². The van der Waals surface area contributed by atoms with E-state index in [4.69, 9.17) is 4.74 Å². The number of hydrogen-bond acceptors (Lipinski definition) is 3. The van der Waals surface area contributed by atoms with E-state index in [9.17, 15) is 4.79 Å². The zero-order valence-corrected chi connectivity index (χ0v) is 11.3. The molecule has 17 heavy (non-hydrogen) atoms. The number of piperazine rings is 1. The molecule has 0 aromatic rings. The van der Waals surface area contributed by atoms with E-state index in [0.717, 1.165) is 26.2 Å². The van der Waals surface area contributed by atoms with Gasteiger partial charge < -0.3 is 14.5 Å². The summed E-state index contributed by atoms with van der Waals surface area (Å²) in [6, 6.07) is 0. The Morgan fingerprint density at radius 1 is 1.06 bits per heavy atom. The molecule has 2 aliphatic heterocycles. The van der Waals surface area contributed by atoms with Gasteiger partial charge in [0.15, 0.2) is 0 Å². The van der Waals surface area contributed by atoms with Gasteiger partial charge in [-0.25, -0.2) is 0 Å². The third kappa shape index (κ3) is 2.47. The molecular formula is C13H24N2O2. The predicted octanol–water partition coefficient (Wildman–Crippen LogP) is 0.820. The fourth-order valence-corrected chi connectivity index (χ4v) is 2.93. The van der Waals surface area contributed by atoms with Crippen molar-refractivity contribution in [1.82, 2.24) is 9.80 Å². The van der Waals surface area contributed by atoms with Crippen LogP contribution in [0.4, 0.5) is 0 Å². The highest BCUT2D eigenvalue weighted by Gasteiger charge is 2.43. The summed E-state index contributed by atoms with van der Waals surface area (Å²) in [7, 11) is 2.10. The van der Waals surface area contributed by atoms with Crippen LogP contribution in [0.1, 0.15) is 20.8 Å². The lowest BCUT2D eigenvalue weighted by molar-refractivity contribution is -0.139. The fraction of sp³-hybridized carbons (Fsp3) is 0.923. The van der Waals surface area contributed by atoms with Crippen LogP contribution in [-0.2, 0) is 9.53 Å². The summed E-state index contributed by atoms with van der Waals surface area (Å²) < 4.78 is 5.76. The SMILES string of the molecule is CC1OC(C)C(C(=O)N2CCN(C)CC2)C1C. The molecule has 2 rings (SSSR count). The fourth-order valence-electron chi connectivity index (χ4n) is 2.93. The smallest absolute Gasteiger partial charge is 0.228 e. The quantitative estimate of drug-likeness (QED) is 0.680. The minimum Gasteiger partial charge on any atom is -0.374 e. The number of rotatable bonds is 1. The predicted molar refractivity (Wildman–Crippen MR) is 66.7 cm³/mol. The van der Waals surface area contributed by atoms with Gasteiger partial charge in [0.05, 0.1) is 18.1 Å². The highest BCUT2D eigenvalue weighted by atomic mass is 16.5. The normalized spacial score (nSPS) is 39.6. The number of nitrogens with zero attached hydrogens (tertiary/aromatic N) is 2. The van der Waals surface area contributed by atoms with E-state index >= 15 is 0 Å². The minimum absolute atomic E-state index is 0.0495. The van der Waals surface area contributed by atoms with Crippen molar-refractivity contribution >= 4 is 5.91 Å². The molecule has 4 nitrogen and oxygen atoms in total. The van der Waals surface area contributed by atoms with Crippen LogP contribution in [0.3, 0.4) is 0 Å². The van der Waals surface area contributed by atoms with Crippen molar-refractivity contribution in [1.29, 1.82) is 0 Å². The summed E-state index contributed by atoms with van der Waals surface area (Å²) in [5, 5.41) is 0. The maximum atomic E-state index is 12.5. The second kappa shape index (κ2) is 4.94. The first-order valence-corrected chi connectivity index (χ1v) is 6.63. The molecule has 0 aliphatic carbocycles. The number of hydrogen-bond donors (Lipinski definition) is 0. The maximum absolute atomic E-state index is 12.5. The zero-order chi connectivity index (χ0) is 12.6. The van der Waals surface area contributed by atoms with Gasteiger partial charge in [0.25, 0.3) is 0 Å². The average Bonchev–Trinajstić information content (AvgIpc) is 2.53. The number of carbonyl (C=O) groups is 1. The first kappa shape index (κ1) is 12.8. The van der Waals surface area contributed by atoms with E-state index in [1.165, 1.54) is 0 Å². The number of ether oxygens (including phenoxy) is 1. The molecule has 2 aliphatic rings. The molecule has 2 fully saturated rings. The molecule has 4 atom stereocenters. The molecule has 0 saturated carbocycles. The molecular weight excluding hydrogens is 216 g/mol. The molecule has 4 unspecified atom stereocenters. The molecule has 2 saturated heterocycles. The van der Waals surface area contributed by atoms with E-state index < -0.39 is 0 Å². The standard InChI is InChI=1S/C13H24N2O2/c1-9-10(2)17-11(3)12(9)13(16)15-7-5-14(4)6-8-15/h9-12H,5-8H2,1-4H3. The van der Waals surface area contributed by atoms with Gasteiger partial charge in [0.1, 0.15) is 0 Å². The van der Waals surface area contributed by atoms with Gasteiger partial charge in [-0.1, -0.05) is 6.92 Å².